The van der Waals surface area contributed by atoms with Gasteiger partial charge in [-0.05, 0) is 37.5 Å². The van der Waals surface area contributed by atoms with Crippen molar-refractivity contribution in [2.75, 3.05) is 37.8 Å². The summed E-state index contributed by atoms with van der Waals surface area (Å²) in [7, 11) is -2.98. The van der Waals surface area contributed by atoms with Crippen LogP contribution in [0.2, 0.25) is 0 Å². The summed E-state index contributed by atoms with van der Waals surface area (Å²) < 4.78 is 28.5. The minimum Gasteiger partial charge on any atom is -0.381 e. The summed E-state index contributed by atoms with van der Waals surface area (Å²) in [5.74, 6) is 0.000857. The van der Waals surface area contributed by atoms with Crippen molar-refractivity contribution in [2.45, 2.75) is 32.1 Å². The minimum atomic E-state index is -2.98. The molecular weight excluding hydrogens is 278 g/mol. The molecule has 0 bridgehead atoms. The number of sulfone groups is 1. The summed E-state index contributed by atoms with van der Waals surface area (Å²) in [5, 5.41) is 0. The van der Waals surface area contributed by atoms with Crippen LogP contribution in [-0.4, -0.2) is 57.0 Å². The zero-order valence-electron chi connectivity index (χ0n) is 11.8. The molecule has 3 heterocycles. The normalized spacial score (nSPS) is 32.4. The molecule has 0 aromatic carbocycles. The van der Waals surface area contributed by atoms with Crippen molar-refractivity contribution >= 4 is 15.7 Å². The Hall–Kier alpha value is -0.620. The van der Waals surface area contributed by atoms with Gasteiger partial charge in [0.15, 0.2) is 9.84 Å². The van der Waals surface area contributed by atoms with E-state index >= 15 is 0 Å². The third-order valence-corrected chi connectivity index (χ3v) is 6.88. The van der Waals surface area contributed by atoms with E-state index in [1.807, 2.05) is 4.90 Å². The smallest absolute Gasteiger partial charge is 0.226 e. The summed E-state index contributed by atoms with van der Waals surface area (Å²) in [5.41, 5.74) is 0.226. The molecule has 0 radical (unpaired) electrons. The molecule has 0 saturated carbocycles. The second-order valence-corrected chi connectivity index (χ2v) is 8.80. The maximum atomic E-state index is 12.5. The summed E-state index contributed by atoms with van der Waals surface area (Å²) in [6, 6.07) is 0. The number of amides is 1. The molecule has 3 rings (SSSR count). The lowest BCUT2D eigenvalue weighted by molar-refractivity contribution is -0.140. The number of ether oxygens (including phenoxy) is 1. The Morgan fingerprint density at radius 3 is 2.60 bits per heavy atom. The molecule has 114 valence electrons. The lowest BCUT2D eigenvalue weighted by atomic mass is 9.73. The van der Waals surface area contributed by atoms with E-state index in [0.29, 0.717) is 6.42 Å². The van der Waals surface area contributed by atoms with Crippen molar-refractivity contribution in [1.29, 1.82) is 0 Å². The molecule has 3 aliphatic heterocycles. The summed E-state index contributed by atoms with van der Waals surface area (Å²) >= 11 is 0. The quantitative estimate of drug-likeness (QED) is 0.720. The lowest BCUT2D eigenvalue weighted by Crippen LogP contribution is -2.50. The van der Waals surface area contributed by atoms with E-state index in [1.54, 1.807) is 0 Å². The fourth-order valence-electron chi connectivity index (χ4n) is 3.86. The number of rotatable bonds is 1. The van der Waals surface area contributed by atoms with Gasteiger partial charge < -0.3 is 9.64 Å². The van der Waals surface area contributed by atoms with Crippen molar-refractivity contribution in [2.24, 2.45) is 11.3 Å². The summed E-state index contributed by atoms with van der Waals surface area (Å²) in [6.45, 7) is 3.17. The second-order valence-electron chi connectivity index (χ2n) is 6.58. The van der Waals surface area contributed by atoms with E-state index in [-0.39, 0.29) is 28.7 Å². The molecule has 6 heteroatoms. The molecular formula is C14H23NO4S. The van der Waals surface area contributed by atoms with Crippen molar-refractivity contribution < 1.29 is 17.9 Å². The van der Waals surface area contributed by atoms with Crippen molar-refractivity contribution in [3.05, 3.63) is 0 Å². The fraction of sp³-hybridized carbons (Fsp3) is 0.929. The Labute approximate surface area is 120 Å². The zero-order valence-corrected chi connectivity index (χ0v) is 12.7. The molecule has 1 unspecified atom stereocenters. The molecule has 3 fully saturated rings. The van der Waals surface area contributed by atoms with Crippen LogP contribution < -0.4 is 0 Å². The molecule has 0 aromatic heterocycles. The molecule has 20 heavy (non-hydrogen) atoms. The second kappa shape index (κ2) is 5.30. The van der Waals surface area contributed by atoms with Gasteiger partial charge in [0.05, 0.1) is 17.4 Å². The van der Waals surface area contributed by atoms with Crippen LogP contribution in [0.5, 0.6) is 0 Å². The Morgan fingerprint density at radius 1 is 1.20 bits per heavy atom. The highest BCUT2D eigenvalue weighted by Crippen LogP contribution is 2.39. The monoisotopic (exact) mass is 301 g/mol. The van der Waals surface area contributed by atoms with Crippen LogP contribution in [0.3, 0.4) is 0 Å². The number of nitrogens with zero attached hydrogens (tertiary/aromatic N) is 1. The first-order valence-corrected chi connectivity index (χ1v) is 9.39. The van der Waals surface area contributed by atoms with Gasteiger partial charge in [0, 0.05) is 26.3 Å². The average Bonchev–Trinajstić information content (AvgIpc) is 2.79. The molecule has 1 spiro atoms. The van der Waals surface area contributed by atoms with E-state index in [2.05, 4.69) is 0 Å². The van der Waals surface area contributed by atoms with Crippen LogP contribution in [0.4, 0.5) is 0 Å². The van der Waals surface area contributed by atoms with Gasteiger partial charge in [0.1, 0.15) is 0 Å². The highest BCUT2D eigenvalue weighted by atomic mass is 32.2. The van der Waals surface area contributed by atoms with E-state index < -0.39 is 9.84 Å². The highest BCUT2D eigenvalue weighted by Gasteiger charge is 2.41. The van der Waals surface area contributed by atoms with Gasteiger partial charge in [-0.1, -0.05) is 0 Å². The van der Waals surface area contributed by atoms with E-state index in [1.165, 1.54) is 6.42 Å². The Morgan fingerprint density at radius 2 is 1.95 bits per heavy atom. The number of hydrogen-bond donors (Lipinski definition) is 0. The number of carbonyl (C=O) groups is 1. The summed E-state index contributed by atoms with van der Waals surface area (Å²) in [4.78, 5) is 14.5. The number of carbonyl (C=O) groups excluding carboxylic acids is 1. The molecule has 3 aliphatic rings. The van der Waals surface area contributed by atoms with Crippen LogP contribution in [0.25, 0.3) is 0 Å². The SMILES string of the molecule is O=C(C1CCS(=O)(=O)C1)N1CCCC2(CCOCC2)C1. The number of likely N-dealkylation sites (tertiary alicyclic amines) is 1. The van der Waals surface area contributed by atoms with Crippen LogP contribution in [0.1, 0.15) is 32.1 Å². The average molecular weight is 301 g/mol. The molecule has 5 nitrogen and oxygen atoms in total. The van der Waals surface area contributed by atoms with Gasteiger partial charge >= 0.3 is 0 Å². The Bertz CT molecular complexity index is 476. The van der Waals surface area contributed by atoms with Gasteiger partial charge in [-0.2, -0.15) is 0 Å². The number of hydrogen-bond acceptors (Lipinski definition) is 4. The predicted molar refractivity (Wildman–Crippen MR) is 75.1 cm³/mol. The third kappa shape index (κ3) is 2.86. The molecule has 1 atom stereocenters. The van der Waals surface area contributed by atoms with Crippen molar-refractivity contribution in [1.82, 2.24) is 4.90 Å². The van der Waals surface area contributed by atoms with Gasteiger partial charge in [-0.3, -0.25) is 4.79 Å². The van der Waals surface area contributed by atoms with Gasteiger partial charge in [0.2, 0.25) is 5.91 Å². The van der Waals surface area contributed by atoms with E-state index in [4.69, 9.17) is 4.74 Å². The first-order valence-electron chi connectivity index (χ1n) is 7.57. The van der Waals surface area contributed by atoms with Gasteiger partial charge in [-0.15, -0.1) is 0 Å². The van der Waals surface area contributed by atoms with Crippen LogP contribution in [0, 0.1) is 11.3 Å². The largest absolute Gasteiger partial charge is 0.381 e. The van der Waals surface area contributed by atoms with E-state index in [0.717, 1.165) is 45.6 Å². The Kier molecular flexibility index (Phi) is 3.79. The van der Waals surface area contributed by atoms with Crippen molar-refractivity contribution in [3.63, 3.8) is 0 Å². The molecule has 0 N–H and O–H groups in total. The highest BCUT2D eigenvalue weighted by molar-refractivity contribution is 7.91. The summed E-state index contributed by atoms with van der Waals surface area (Å²) in [6.07, 6.45) is 4.77. The first-order chi connectivity index (χ1) is 9.50. The Balaban J connectivity index is 1.66. The number of piperidine rings is 1. The van der Waals surface area contributed by atoms with Crippen molar-refractivity contribution in [3.8, 4) is 0 Å². The molecule has 1 amide bonds. The first kappa shape index (κ1) is 14.3. The van der Waals surface area contributed by atoms with Gasteiger partial charge in [0.25, 0.3) is 0 Å². The zero-order chi connectivity index (χ0) is 14.2. The predicted octanol–water partition coefficient (Wildman–Crippen LogP) is 0.840. The molecule has 0 aliphatic carbocycles. The minimum absolute atomic E-state index is 0.0540. The lowest BCUT2D eigenvalue weighted by Gasteiger charge is -2.45. The fourth-order valence-corrected chi connectivity index (χ4v) is 5.59. The third-order valence-electron chi connectivity index (χ3n) is 5.11. The standard InChI is InChI=1S/C14H23NO4S/c16-13(12-2-9-20(17,18)10-12)15-6-1-3-14(11-15)4-7-19-8-5-14/h12H,1-11H2. The maximum Gasteiger partial charge on any atom is 0.226 e. The van der Waals surface area contributed by atoms with Crippen LogP contribution in [0.15, 0.2) is 0 Å². The van der Waals surface area contributed by atoms with Gasteiger partial charge in [-0.25, -0.2) is 8.42 Å². The topological polar surface area (TPSA) is 63.7 Å². The molecule has 3 saturated heterocycles. The van der Waals surface area contributed by atoms with Crippen LogP contribution >= 0.6 is 0 Å². The van der Waals surface area contributed by atoms with Crippen LogP contribution in [-0.2, 0) is 19.4 Å². The maximum absolute atomic E-state index is 12.5. The molecule has 0 aromatic rings. The van der Waals surface area contributed by atoms with E-state index in [9.17, 15) is 13.2 Å².